The van der Waals surface area contributed by atoms with Crippen LogP contribution in [0, 0.1) is 6.92 Å². The lowest BCUT2D eigenvalue weighted by atomic mass is 9.93. The van der Waals surface area contributed by atoms with Gasteiger partial charge in [-0.25, -0.2) is 4.79 Å². The third kappa shape index (κ3) is 1.98. The molecule has 3 aromatic rings. The number of aromatic nitrogens is 2. The lowest BCUT2D eigenvalue weighted by molar-refractivity contribution is 0.0454. The first kappa shape index (κ1) is 14.0. The third-order valence-electron chi connectivity index (χ3n) is 4.51. The predicted octanol–water partition coefficient (Wildman–Crippen LogP) is 4.25. The molecule has 1 aromatic carbocycles. The van der Waals surface area contributed by atoms with Crippen molar-refractivity contribution >= 4 is 16.9 Å². The van der Waals surface area contributed by atoms with E-state index in [1.54, 1.807) is 18.3 Å². The number of aryl methyl sites for hydroxylation is 1. The monoisotopic (exact) mass is 306 g/mol. The molecule has 0 saturated carbocycles. The SMILES string of the molecule is Cc1[nH]c2cccc(C(C)C)c2c1C1OC(=O)c2cccnc21. The first-order valence-electron chi connectivity index (χ1n) is 7.85. The molecule has 0 spiro atoms. The van der Waals surface area contributed by atoms with Crippen molar-refractivity contribution in [2.24, 2.45) is 0 Å². The number of carbonyl (C=O) groups excluding carboxylic acids is 1. The molecule has 116 valence electrons. The van der Waals surface area contributed by atoms with Crippen LogP contribution < -0.4 is 0 Å². The Balaban J connectivity index is 2.01. The Hall–Kier alpha value is -2.62. The topological polar surface area (TPSA) is 55.0 Å². The van der Waals surface area contributed by atoms with E-state index < -0.39 is 6.10 Å². The van der Waals surface area contributed by atoms with Crippen molar-refractivity contribution < 1.29 is 9.53 Å². The summed E-state index contributed by atoms with van der Waals surface area (Å²) in [4.78, 5) is 20.0. The van der Waals surface area contributed by atoms with Gasteiger partial charge in [0.2, 0.25) is 0 Å². The van der Waals surface area contributed by atoms with Crippen molar-refractivity contribution in [1.82, 2.24) is 9.97 Å². The molecular formula is C19H18N2O2. The van der Waals surface area contributed by atoms with E-state index in [4.69, 9.17) is 4.74 Å². The maximum atomic E-state index is 12.2. The molecule has 0 radical (unpaired) electrons. The Morgan fingerprint density at radius 1 is 1.22 bits per heavy atom. The highest BCUT2D eigenvalue weighted by Crippen LogP contribution is 2.41. The zero-order valence-electron chi connectivity index (χ0n) is 13.4. The average molecular weight is 306 g/mol. The van der Waals surface area contributed by atoms with Crippen molar-refractivity contribution in [2.45, 2.75) is 32.8 Å². The van der Waals surface area contributed by atoms with Crippen LogP contribution in [0.3, 0.4) is 0 Å². The molecule has 1 N–H and O–H groups in total. The molecule has 4 rings (SSSR count). The minimum atomic E-state index is -0.438. The summed E-state index contributed by atoms with van der Waals surface area (Å²) in [5, 5.41) is 1.15. The van der Waals surface area contributed by atoms with Gasteiger partial charge in [-0.1, -0.05) is 26.0 Å². The lowest BCUT2D eigenvalue weighted by Crippen LogP contribution is -2.04. The summed E-state index contributed by atoms with van der Waals surface area (Å²) in [5.41, 5.74) is 5.64. The van der Waals surface area contributed by atoms with E-state index in [9.17, 15) is 4.79 Å². The third-order valence-corrected chi connectivity index (χ3v) is 4.51. The van der Waals surface area contributed by atoms with Crippen molar-refractivity contribution in [3.63, 3.8) is 0 Å². The zero-order valence-corrected chi connectivity index (χ0v) is 13.4. The molecule has 0 amide bonds. The summed E-state index contributed by atoms with van der Waals surface area (Å²) < 4.78 is 5.68. The Morgan fingerprint density at radius 3 is 2.83 bits per heavy atom. The Bertz CT molecular complexity index is 924. The molecule has 23 heavy (non-hydrogen) atoms. The van der Waals surface area contributed by atoms with Gasteiger partial charge >= 0.3 is 5.97 Å². The van der Waals surface area contributed by atoms with E-state index >= 15 is 0 Å². The van der Waals surface area contributed by atoms with E-state index in [1.807, 2.05) is 6.92 Å². The number of hydrogen-bond donors (Lipinski definition) is 1. The number of rotatable bonds is 2. The number of hydrogen-bond acceptors (Lipinski definition) is 3. The summed E-state index contributed by atoms with van der Waals surface area (Å²) in [5.74, 6) is 0.0850. The van der Waals surface area contributed by atoms with Gasteiger partial charge in [-0.15, -0.1) is 0 Å². The largest absolute Gasteiger partial charge is 0.447 e. The van der Waals surface area contributed by atoms with Crippen LogP contribution in [0.25, 0.3) is 10.9 Å². The number of fused-ring (bicyclic) bond motifs is 2. The summed E-state index contributed by atoms with van der Waals surface area (Å²) in [7, 11) is 0. The molecule has 1 aliphatic rings. The summed E-state index contributed by atoms with van der Waals surface area (Å²) in [6, 6.07) is 9.81. The minimum absolute atomic E-state index is 0.297. The van der Waals surface area contributed by atoms with Gasteiger partial charge in [0.25, 0.3) is 0 Å². The fourth-order valence-corrected chi connectivity index (χ4v) is 3.46. The maximum Gasteiger partial charge on any atom is 0.341 e. The molecule has 1 atom stereocenters. The van der Waals surface area contributed by atoms with Crippen LogP contribution in [0.1, 0.15) is 58.7 Å². The van der Waals surface area contributed by atoms with Crippen LogP contribution in [0.2, 0.25) is 0 Å². The second-order valence-corrected chi connectivity index (χ2v) is 6.31. The highest BCUT2D eigenvalue weighted by atomic mass is 16.5. The fraction of sp³-hybridized carbons (Fsp3) is 0.263. The Labute approximate surface area is 134 Å². The predicted molar refractivity (Wildman–Crippen MR) is 88.6 cm³/mol. The summed E-state index contributed by atoms with van der Waals surface area (Å²) in [6.07, 6.45) is 1.27. The van der Waals surface area contributed by atoms with Crippen molar-refractivity contribution in [2.75, 3.05) is 0 Å². The van der Waals surface area contributed by atoms with Gasteiger partial charge in [0.05, 0.1) is 5.56 Å². The molecule has 1 aliphatic heterocycles. The second-order valence-electron chi connectivity index (χ2n) is 6.31. The van der Waals surface area contributed by atoms with E-state index in [0.717, 1.165) is 22.2 Å². The first-order valence-corrected chi connectivity index (χ1v) is 7.85. The van der Waals surface area contributed by atoms with E-state index in [1.165, 1.54) is 5.56 Å². The lowest BCUT2D eigenvalue weighted by Gasteiger charge is -2.14. The molecule has 3 heterocycles. The zero-order chi connectivity index (χ0) is 16.1. The molecular weight excluding hydrogens is 288 g/mol. The first-order chi connectivity index (χ1) is 11.1. The van der Waals surface area contributed by atoms with Gasteiger partial charge in [-0.2, -0.15) is 0 Å². The minimum Gasteiger partial charge on any atom is -0.447 e. The van der Waals surface area contributed by atoms with Gasteiger partial charge in [-0.05, 0) is 36.6 Å². The van der Waals surface area contributed by atoms with Gasteiger partial charge in [0.1, 0.15) is 5.69 Å². The van der Waals surface area contributed by atoms with E-state index in [-0.39, 0.29) is 5.97 Å². The van der Waals surface area contributed by atoms with Crippen LogP contribution in [-0.4, -0.2) is 15.9 Å². The average Bonchev–Trinajstić information content (AvgIpc) is 3.04. The number of pyridine rings is 1. The quantitative estimate of drug-likeness (QED) is 0.720. The fourth-order valence-electron chi connectivity index (χ4n) is 3.46. The molecule has 0 saturated heterocycles. The highest BCUT2D eigenvalue weighted by Gasteiger charge is 2.36. The molecule has 4 heteroatoms. The number of benzene rings is 1. The number of nitrogens with one attached hydrogen (secondary N) is 1. The van der Waals surface area contributed by atoms with E-state index in [2.05, 4.69) is 42.0 Å². The van der Waals surface area contributed by atoms with Gasteiger partial charge in [0.15, 0.2) is 6.10 Å². The normalized spacial score (nSPS) is 16.9. The molecule has 1 unspecified atom stereocenters. The number of nitrogens with zero attached hydrogens (tertiary/aromatic N) is 1. The maximum absolute atomic E-state index is 12.2. The number of aromatic amines is 1. The number of esters is 1. The van der Waals surface area contributed by atoms with E-state index in [0.29, 0.717) is 17.2 Å². The number of H-pyrrole nitrogens is 1. The van der Waals surface area contributed by atoms with Crippen molar-refractivity contribution in [3.05, 3.63) is 64.6 Å². The van der Waals surface area contributed by atoms with Gasteiger partial charge < -0.3 is 9.72 Å². The van der Waals surface area contributed by atoms with Crippen LogP contribution in [-0.2, 0) is 4.74 Å². The number of carbonyl (C=O) groups is 1. The van der Waals surface area contributed by atoms with Gasteiger partial charge in [0, 0.05) is 28.4 Å². The number of ether oxygens (including phenoxy) is 1. The van der Waals surface area contributed by atoms with Crippen LogP contribution in [0.4, 0.5) is 0 Å². The van der Waals surface area contributed by atoms with Crippen LogP contribution in [0.15, 0.2) is 36.5 Å². The molecule has 4 nitrogen and oxygen atoms in total. The highest BCUT2D eigenvalue weighted by molar-refractivity contribution is 5.96. The second kappa shape index (κ2) is 4.95. The smallest absolute Gasteiger partial charge is 0.341 e. The molecule has 0 aliphatic carbocycles. The molecule has 0 bridgehead atoms. The Morgan fingerprint density at radius 2 is 2.04 bits per heavy atom. The molecule has 0 fully saturated rings. The molecule has 2 aromatic heterocycles. The Kier molecular flexibility index (Phi) is 3.01. The van der Waals surface area contributed by atoms with Crippen molar-refractivity contribution in [3.8, 4) is 0 Å². The summed E-state index contributed by atoms with van der Waals surface area (Å²) in [6.45, 7) is 6.37. The van der Waals surface area contributed by atoms with Crippen molar-refractivity contribution in [1.29, 1.82) is 0 Å². The number of cyclic esters (lactones) is 1. The van der Waals surface area contributed by atoms with Gasteiger partial charge in [-0.3, -0.25) is 4.98 Å². The van der Waals surface area contributed by atoms with Crippen LogP contribution in [0.5, 0.6) is 0 Å². The summed E-state index contributed by atoms with van der Waals surface area (Å²) >= 11 is 0. The standard InChI is InChI=1S/C19H18N2O2/c1-10(2)12-6-4-8-14-16(12)15(11(3)21-14)18-17-13(19(22)23-18)7-5-9-20-17/h4-10,18,21H,1-3H3. The van der Waals surface area contributed by atoms with Crippen LogP contribution >= 0.6 is 0 Å².